The SMILES string of the molecule is CCCCc1c(C)ccc2c3c(ccc12)C1=C(CC3)C(C)C(C(=O)OC(C)(C)C)C=C1.[O-][n+]1cccc2cccnc21. The third-order valence-electron chi connectivity index (χ3n) is 8.48. The van der Waals surface area contributed by atoms with E-state index in [2.05, 4.69) is 62.2 Å². The smallest absolute Gasteiger partial charge is 0.333 e. The lowest BCUT2D eigenvalue weighted by molar-refractivity contribution is -0.579. The monoisotopic (exact) mass is 562 g/mol. The summed E-state index contributed by atoms with van der Waals surface area (Å²) in [4.78, 5) is 16.7. The molecule has 2 aliphatic rings. The van der Waals surface area contributed by atoms with Crippen LogP contribution in [0, 0.1) is 24.0 Å². The van der Waals surface area contributed by atoms with Gasteiger partial charge in [-0.3, -0.25) is 4.79 Å². The number of aryl methyl sites for hydroxylation is 3. The molecule has 2 atom stereocenters. The number of fused-ring (bicyclic) bond motifs is 5. The molecule has 0 fully saturated rings. The Balaban J connectivity index is 0.000000267. The van der Waals surface area contributed by atoms with Crippen molar-refractivity contribution >= 4 is 33.3 Å². The lowest BCUT2D eigenvalue weighted by Gasteiger charge is -2.34. The van der Waals surface area contributed by atoms with E-state index in [9.17, 15) is 10.0 Å². The van der Waals surface area contributed by atoms with E-state index < -0.39 is 5.60 Å². The van der Waals surface area contributed by atoms with Crippen molar-refractivity contribution in [3.05, 3.63) is 106 Å². The van der Waals surface area contributed by atoms with Gasteiger partial charge in [-0.25, -0.2) is 4.73 Å². The number of nitrogens with zero attached hydrogens (tertiary/aromatic N) is 2. The fourth-order valence-corrected chi connectivity index (χ4v) is 6.34. The average molecular weight is 563 g/mol. The largest absolute Gasteiger partial charge is 0.710 e. The third-order valence-corrected chi connectivity index (χ3v) is 8.48. The molecule has 6 rings (SSSR count). The van der Waals surface area contributed by atoms with Crippen molar-refractivity contribution < 1.29 is 14.3 Å². The van der Waals surface area contributed by atoms with Gasteiger partial charge < -0.3 is 9.94 Å². The van der Waals surface area contributed by atoms with Crippen LogP contribution in [0.15, 0.2) is 78.6 Å². The van der Waals surface area contributed by atoms with E-state index in [1.807, 2.05) is 39.0 Å². The van der Waals surface area contributed by atoms with Crippen molar-refractivity contribution in [2.45, 2.75) is 79.2 Å². The van der Waals surface area contributed by atoms with Crippen LogP contribution < -0.4 is 4.73 Å². The van der Waals surface area contributed by atoms with Crippen LogP contribution in [-0.4, -0.2) is 16.6 Å². The van der Waals surface area contributed by atoms with Crippen molar-refractivity contribution in [3.8, 4) is 0 Å². The molecule has 0 spiro atoms. The molecular formula is C37H42N2O3. The topological polar surface area (TPSA) is 66.1 Å². The zero-order valence-electron chi connectivity index (χ0n) is 25.7. The summed E-state index contributed by atoms with van der Waals surface area (Å²) in [7, 11) is 0. The second-order valence-electron chi connectivity index (χ2n) is 12.5. The summed E-state index contributed by atoms with van der Waals surface area (Å²) in [5, 5.41) is 14.7. The van der Waals surface area contributed by atoms with Crippen LogP contribution in [0.1, 0.15) is 76.1 Å². The Kier molecular flexibility index (Phi) is 8.49. The standard InChI is InChI=1S/C29H36O2.C8H6N2O/c1-7-8-9-20-18(2)10-11-25-23(20)16-17-26-24-15-13-22(28(30)31-29(4,5)6)19(3)21(24)12-14-27(25)26;11-10-6-2-4-7-3-1-5-9-8(7)10/h10-11,13,15-17,19,22H,7-9,12,14H2,1-6H3;1-6H. The predicted octanol–water partition coefficient (Wildman–Crippen LogP) is 8.22. The molecule has 0 N–H and O–H groups in total. The fourth-order valence-electron chi connectivity index (χ4n) is 6.34. The lowest BCUT2D eigenvalue weighted by Crippen LogP contribution is -2.33. The number of unbranched alkanes of at least 4 members (excludes halogenated alkanes) is 1. The van der Waals surface area contributed by atoms with Crippen molar-refractivity contribution in [1.82, 2.24) is 4.98 Å². The Labute approximate surface area is 249 Å². The molecule has 0 aliphatic heterocycles. The summed E-state index contributed by atoms with van der Waals surface area (Å²) in [6.07, 6.45) is 13.0. The second-order valence-corrected chi connectivity index (χ2v) is 12.5. The molecule has 2 aliphatic carbocycles. The molecule has 0 bridgehead atoms. The van der Waals surface area contributed by atoms with E-state index in [0.29, 0.717) is 5.65 Å². The molecule has 0 saturated heterocycles. The molecule has 2 aromatic carbocycles. The van der Waals surface area contributed by atoms with E-state index in [1.165, 1.54) is 63.2 Å². The first-order valence-corrected chi connectivity index (χ1v) is 15.2. The molecule has 0 radical (unpaired) electrons. The number of carbonyl (C=O) groups is 1. The van der Waals surface area contributed by atoms with E-state index in [4.69, 9.17) is 4.74 Å². The van der Waals surface area contributed by atoms with Crippen LogP contribution in [0.2, 0.25) is 0 Å². The van der Waals surface area contributed by atoms with Gasteiger partial charge in [0, 0.05) is 0 Å². The number of pyridine rings is 2. The minimum absolute atomic E-state index is 0.108. The number of esters is 1. The van der Waals surface area contributed by atoms with Gasteiger partial charge in [-0.2, -0.15) is 0 Å². The van der Waals surface area contributed by atoms with Gasteiger partial charge in [-0.1, -0.05) is 62.3 Å². The quantitative estimate of drug-likeness (QED) is 0.143. The summed E-state index contributed by atoms with van der Waals surface area (Å²) in [6.45, 7) is 12.5. The zero-order chi connectivity index (χ0) is 30.0. The number of ether oxygens (including phenoxy) is 1. The molecule has 2 heterocycles. The Morgan fingerprint density at radius 2 is 1.83 bits per heavy atom. The Morgan fingerprint density at radius 1 is 1.07 bits per heavy atom. The maximum atomic E-state index is 12.8. The second kappa shape index (κ2) is 12.1. The van der Waals surface area contributed by atoms with Gasteiger partial charge in [0.2, 0.25) is 0 Å². The van der Waals surface area contributed by atoms with Crippen LogP contribution in [0.25, 0.3) is 27.4 Å². The molecule has 5 nitrogen and oxygen atoms in total. The van der Waals surface area contributed by atoms with Gasteiger partial charge in [0.15, 0.2) is 0 Å². The molecule has 4 aromatic rings. The van der Waals surface area contributed by atoms with Crippen LogP contribution in [0.3, 0.4) is 0 Å². The minimum Gasteiger partial charge on any atom is -0.710 e. The van der Waals surface area contributed by atoms with E-state index >= 15 is 0 Å². The molecule has 218 valence electrons. The highest BCUT2D eigenvalue weighted by Gasteiger charge is 2.35. The van der Waals surface area contributed by atoms with Gasteiger partial charge in [0.1, 0.15) is 11.8 Å². The number of aromatic nitrogens is 2. The maximum Gasteiger partial charge on any atom is 0.333 e. The van der Waals surface area contributed by atoms with Crippen LogP contribution >= 0.6 is 0 Å². The van der Waals surface area contributed by atoms with Crippen LogP contribution in [0.4, 0.5) is 0 Å². The first-order valence-electron chi connectivity index (χ1n) is 15.2. The van der Waals surface area contributed by atoms with Crippen molar-refractivity contribution in [3.63, 3.8) is 0 Å². The van der Waals surface area contributed by atoms with E-state index in [0.717, 1.165) is 29.4 Å². The fraction of sp³-hybridized carbons (Fsp3) is 0.378. The normalized spacial score (nSPS) is 17.9. The summed E-state index contributed by atoms with van der Waals surface area (Å²) >= 11 is 0. The molecule has 2 unspecified atom stereocenters. The van der Waals surface area contributed by atoms with Crippen molar-refractivity contribution in [2.75, 3.05) is 0 Å². The van der Waals surface area contributed by atoms with E-state index in [1.54, 1.807) is 12.3 Å². The molecule has 42 heavy (non-hydrogen) atoms. The number of allylic oxidation sites excluding steroid dienone is 3. The predicted molar refractivity (Wildman–Crippen MR) is 171 cm³/mol. The number of hydrogen-bond donors (Lipinski definition) is 0. The summed E-state index contributed by atoms with van der Waals surface area (Å²) in [5.74, 6) is -0.122. The minimum atomic E-state index is -0.453. The third kappa shape index (κ3) is 5.97. The summed E-state index contributed by atoms with van der Waals surface area (Å²) in [6, 6.07) is 16.5. The van der Waals surface area contributed by atoms with Crippen molar-refractivity contribution in [1.29, 1.82) is 0 Å². The molecule has 0 saturated carbocycles. The molecule has 0 amide bonds. The lowest BCUT2D eigenvalue weighted by atomic mass is 9.72. The highest BCUT2D eigenvalue weighted by Crippen LogP contribution is 2.44. The van der Waals surface area contributed by atoms with Gasteiger partial charge in [-0.15, -0.1) is 0 Å². The van der Waals surface area contributed by atoms with Crippen LogP contribution in [-0.2, 0) is 22.4 Å². The number of hydrogen-bond acceptors (Lipinski definition) is 4. The summed E-state index contributed by atoms with van der Waals surface area (Å²) < 4.78 is 6.46. The Bertz CT molecular complexity index is 1690. The number of carbonyl (C=O) groups excluding carboxylic acids is 1. The van der Waals surface area contributed by atoms with Gasteiger partial charge in [0.05, 0.1) is 17.5 Å². The average Bonchev–Trinajstić information content (AvgIpc) is 2.96. The van der Waals surface area contributed by atoms with Gasteiger partial charge >= 0.3 is 11.6 Å². The Morgan fingerprint density at radius 3 is 2.57 bits per heavy atom. The summed E-state index contributed by atoms with van der Waals surface area (Å²) in [5.41, 5.74) is 8.49. The Hall–Kier alpha value is -3.99. The first kappa shape index (κ1) is 29.5. The van der Waals surface area contributed by atoms with Gasteiger partial charge in [-0.05, 0) is 127 Å². The molecular weight excluding hydrogens is 520 g/mol. The number of rotatable bonds is 4. The van der Waals surface area contributed by atoms with Crippen molar-refractivity contribution in [2.24, 2.45) is 11.8 Å². The highest BCUT2D eigenvalue weighted by molar-refractivity contribution is 5.96. The van der Waals surface area contributed by atoms with Gasteiger partial charge in [0.25, 0.3) is 0 Å². The highest BCUT2D eigenvalue weighted by atomic mass is 16.6. The number of benzene rings is 2. The molecule has 5 heteroatoms. The molecule has 2 aromatic heterocycles. The van der Waals surface area contributed by atoms with Crippen LogP contribution in [0.5, 0.6) is 0 Å². The first-order chi connectivity index (χ1) is 20.1. The maximum absolute atomic E-state index is 12.8. The van der Waals surface area contributed by atoms with E-state index in [-0.39, 0.29) is 17.8 Å². The zero-order valence-corrected chi connectivity index (χ0v) is 25.7.